The van der Waals surface area contributed by atoms with Gasteiger partial charge in [0.15, 0.2) is 3.79 Å². The summed E-state index contributed by atoms with van der Waals surface area (Å²) in [4.78, 5) is 2.53. The first-order valence-corrected chi connectivity index (χ1v) is 6.02. The molecule has 2 aliphatic heterocycles. The van der Waals surface area contributed by atoms with Crippen molar-refractivity contribution in [2.24, 2.45) is 0 Å². The topological polar surface area (TPSA) is 3.24 Å². The van der Waals surface area contributed by atoms with Crippen LogP contribution in [0.15, 0.2) is 0 Å². The largest absolute Gasteiger partial charge is 0.297 e. The van der Waals surface area contributed by atoms with Crippen LogP contribution >= 0.6 is 34.8 Å². The Kier molecular flexibility index (Phi) is 3.00. The monoisotopic (exact) mass is 241 g/mol. The van der Waals surface area contributed by atoms with Crippen molar-refractivity contribution in [1.29, 1.82) is 0 Å². The SMILES string of the molecule is ClC(Cl)(Cl)CCN1C2CCC1CC2. The molecule has 2 aliphatic rings. The van der Waals surface area contributed by atoms with Gasteiger partial charge in [0.05, 0.1) is 0 Å². The van der Waals surface area contributed by atoms with Gasteiger partial charge in [-0.25, -0.2) is 0 Å². The van der Waals surface area contributed by atoms with E-state index in [2.05, 4.69) is 4.90 Å². The Balaban J connectivity index is 1.83. The summed E-state index contributed by atoms with van der Waals surface area (Å²) in [6, 6.07) is 1.58. The van der Waals surface area contributed by atoms with Crippen LogP contribution in [0.2, 0.25) is 0 Å². The molecule has 0 aliphatic carbocycles. The first-order chi connectivity index (χ1) is 6.06. The van der Waals surface area contributed by atoms with E-state index in [1.54, 1.807) is 0 Å². The number of nitrogens with zero attached hydrogens (tertiary/aromatic N) is 1. The van der Waals surface area contributed by atoms with Crippen molar-refractivity contribution >= 4 is 34.8 Å². The first kappa shape index (κ1) is 10.4. The fraction of sp³-hybridized carbons (Fsp3) is 1.00. The minimum absolute atomic E-state index is 0.657. The molecule has 2 heterocycles. The third kappa shape index (κ3) is 2.44. The van der Waals surface area contributed by atoms with E-state index >= 15 is 0 Å². The highest BCUT2D eigenvalue weighted by atomic mass is 35.6. The van der Waals surface area contributed by atoms with Crippen molar-refractivity contribution in [3.05, 3.63) is 0 Å². The van der Waals surface area contributed by atoms with Crippen LogP contribution < -0.4 is 0 Å². The Morgan fingerprint density at radius 2 is 1.46 bits per heavy atom. The highest BCUT2D eigenvalue weighted by molar-refractivity contribution is 6.67. The lowest BCUT2D eigenvalue weighted by Gasteiger charge is -2.23. The molecule has 0 N–H and O–H groups in total. The average molecular weight is 243 g/mol. The molecule has 2 saturated heterocycles. The fourth-order valence-corrected chi connectivity index (χ4v) is 2.89. The lowest BCUT2D eigenvalue weighted by molar-refractivity contribution is 0.250. The fourth-order valence-electron chi connectivity index (χ4n) is 2.64. The first-order valence-electron chi connectivity index (χ1n) is 4.89. The van der Waals surface area contributed by atoms with Crippen LogP contribution in [0.1, 0.15) is 32.1 Å². The number of hydrogen-bond donors (Lipinski definition) is 0. The normalized spacial score (nSPS) is 34.4. The highest BCUT2D eigenvalue weighted by Crippen LogP contribution is 2.39. The minimum atomic E-state index is -1.07. The molecule has 76 valence electrons. The maximum atomic E-state index is 5.73. The van der Waals surface area contributed by atoms with Crippen molar-refractivity contribution in [2.45, 2.75) is 48.0 Å². The van der Waals surface area contributed by atoms with Crippen molar-refractivity contribution in [3.8, 4) is 0 Å². The molecule has 0 aromatic rings. The maximum Gasteiger partial charge on any atom is 0.191 e. The summed E-state index contributed by atoms with van der Waals surface area (Å²) in [5.74, 6) is 0. The second-order valence-electron chi connectivity index (χ2n) is 4.07. The van der Waals surface area contributed by atoms with E-state index in [1.807, 2.05) is 0 Å². The number of halogens is 3. The van der Waals surface area contributed by atoms with Gasteiger partial charge in [0.1, 0.15) is 0 Å². The molecular formula is C9H14Cl3N. The maximum absolute atomic E-state index is 5.73. The van der Waals surface area contributed by atoms with Crippen molar-refractivity contribution in [2.75, 3.05) is 6.54 Å². The Morgan fingerprint density at radius 1 is 1.00 bits per heavy atom. The molecule has 0 atom stereocenters. The van der Waals surface area contributed by atoms with Gasteiger partial charge in [-0.1, -0.05) is 34.8 Å². The second-order valence-corrected chi connectivity index (χ2v) is 6.58. The lowest BCUT2D eigenvalue weighted by atomic mass is 10.0. The zero-order valence-corrected chi connectivity index (χ0v) is 9.75. The zero-order chi connectivity index (χ0) is 9.47. The lowest BCUT2D eigenvalue weighted by Crippen LogP contribution is -2.31. The predicted molar refractivity (Wildman–Crippen MR) is 57.7 cm³/mol. The van der Waals surface area contributed by atoms with Gasteiger partial charge >= 0.3 is 0 Å². The van der Waals surface area contributed by atoms with Crippen LogP contribution in [-0.4, -0.2) is 27.3 Å². The van der Waals surface area contributed by atoms with Gasteiger partial charge in [-0.15, -0.1) is 0 Å². The summed E-state index contributed by atoms with van der Waals surface area (Å²) >= 11 is 17.2. The molecule has 2 bridgehead atoms. The Labute approximate surface area is 94.3 Å². The number of hydrogen-bond acceptors (Lipinski definition) is 1. The van der Waals surface area contributed by atoms with Crippen LogP contribution in [0.3, 0.4) is 0 Å². The summed E-state index contributed by atoms with van der Waals surface area (Å²) in [5, 5.41) is 0. The smallest absolute Gasteiger partial charge is 0.191 e. The van der Waals surface area contributed by atoms with Crippen LogP contribution in [0.25, 0.3) is 0 Å². The summed E-state index contributed by atoms with van der Waals surface area (Å²) < 4.78 is -1.07. The molecule has 0 amide bonds. The van der Waals surface area contributed by atoms with Crippen LogP contribution in [-0.2, 0) is 0 Å². The van der Waals surface area contributed by atoms with Gasteiger partial charge in [0.25, 0.3) is 0 Å². The standard InChI is InChI=1S/C9H14Cl3N/c10-9(11,12)5-6-13-7-1-2-8(13)4-3-7/h7-8H,1-6H2. The number of alkyl halides is 3. The molecule has 2 rings (SSSR count). The average Bonchev–Trinajstić information content (AvgIpc) is 2.57. The molecule has 2 fully saturated rings. The Bertz CT molecular complexity index is 170. The predicted octanol–water partition coefficient (Wildman–Crippen LogP) is 3.37. The van der Waals surface area contributed by atoms with E-state index < -0.39 is 3.79 Å². The summed E-state index contributed by atoms with van der Waals surface area (Å²) in [5.41, 5.74) is 0. The van der Waals surface area contributed by atoms with E-state index in [0.717, 1.165) is 18.6 Å². The van der Waals surface area contributed by atoms with E-state index in [4.69, 9.17) is 34.8 Å². The minimum Gasteiger partial charge on any atom is -0.297 e. The van der Waals surface area contributed by atoms with Gasteiger partial charge in [0, 0.05) is 25.0 Å². The number of rotatable bonds is 2. The van der Waals surface area contributed by atoms with Crippen LogP contribution in [0.4, 0.5) is 0 Å². The van der Waals surface area contributed by atoms with Crippen molar-refractivity contribution < 1.29 is 0 Å². The van der Waals surface area contributed by atoms with E-state index in [1.165, 1.54) is 25.7 Å². The quantitative estimate of drug-likeness (QED) is 0.671. The molecule has 0 spiro atoms. The van der Waals surface area contributed by atoms with Gasteiger partial charge < -0.3 is 0 Å². The molecule has 0 unspecified atom stereocenters. The Morgan fingerprint density at radius 3 is 1.85 bits per heavy atom. The highest BCUT2D eigenvalue weighted by Gasteiger charge is 2.39. The molecule has 4 heteroatoms. The van der Waals surface area contributed by atoms with Gasteiger partial charge in [-0.05, 0) is 25.7 Å². The van der Waals surface area contributed by atoms with E-state index in [0.29, 0.717) is 6.42 Å². The van der Waals surface area contributed by atoms with Crippen molar-refractivity contribution in [1.82, 2.24) is 4.90 Å². The third-order valence-electron chi connectivity index (χ3n) is 3.26. The van der Waals surface area contributed by atoms with Crippen molar-refractivity contribution in [3.63, 3.8) is 0 Å². The van der Waals surface area contributed by atoms with E-state index in [9.17, 15) is 0 Å². The summed E-state index contributed by atoms with van der Waals surface area (Å²) in [6.45, 7) is 0.950. The van der Waals surface area contributed by atoms with Gasteiger partial charge in [-0.3, -0.25) is 4.90 Å². The Hall–Kier alpha value is 0.830. The third-order valence-corrected chi connectivity index (χ3v) is 3.82. The zero-order valence-electron chi connectivity index (χ0n) is 7.48. The van der Waals surface area contributed by atoms with Crippen LogP contribution in [0.5, 0.6) is 0 Å². The molecule has 13 heavy (non-hydrogen) atoms. The molecule has 0 radical (unpaired) electrons. The molecule has 0 saturated carbocycles. The van der Waals surface area contributed by atoms with Gasteiger partial charge in [0.2, 0.25) is 0 Å². The van der Waals surface area contributed by atoms with Gasteiger partial charge in [-0.2, -0.15) is 0 Å². The summed E-state index contributed by atoms with van der Waals surface area (Å²) in [6.07, 6.45) is 6.06. The molecule has 1 nitrogen and oxygen atoms in total. The molecule has 0 aromatic heterocycles. The summed E-state index contributed by atoms with van der Waals surface area (Å²) in [7, 11) is 0. The molecule has 0 aromatic carbocycles. The van der Waals surface area contributed by atoms with Crippen LogP contribution in [0, 0.1) is 0 Å². The molecular weight excluding hydrogens is 228 g/mol. The second kappa shape index (κ2) is 3.77. The van der Waals surface area contributed by atoms with E-state index in [-0.39, 0.29) is 0 Å². The number of fused-ring (bicyclic) bond motifs is 2.